The maximum absolute atomic E-state index is 13.3. The SMILES string of the molecule is CCn1c2ccccc2c2cc(NS(=O)(=O)c3ccc(OC)c(C(=O)N4CCOCC4)c3)ccc21. The van der Waals surface area contributed by atoms with Crippen molar-refractivity contribution in [2.45, 2.75) is 18.4 Å². The smallest absolute Gasteiger partial charge is 0.261 e. The number of fused-ring (bicyclic) bond motifs is 3. The minimum Gasteiger partial charge on any atom is -0.496 e. The molecule has 8 nitrogen and oxygen atoms in total. The van der Waals surface area contributed by atoms with E-state index in [2.05, 4.69) is 22.3 Å². The van der Waals surface area contributed by atoms with E-state index in [0.717, 1.165) is 28.4 Å². The second kappa shape index (κ2) is 9.24. The van der Waals surface area contributed by atoms with Gasteiger partial charge < -0.3 is 18.9 Å². The molecule has 35 heavy (non-hydrogen) atoms. The van der Waals surface area contributed by atoms with Crippen molar-refractivity contribution in [1.29, 1.82) is 0 Å². The largest absolute Gasteiger partial charge is 0.496 e. The quantitative estimate of drug-likeness (QED) is 0.437. The van der Waals surface area contributed by atoms with E-state index in [1.807, 2.05) is 30.3 Å². The number of sulfonamides is 1. The zero-order chi connectivity index (χ0) is 24.6. The average Bonchev–Trinajstić information content (AvgIpc) is 3.21. The number of para-hydroxylation sites is 1. The van der Waals surface area contributed by atoms with Crippen molar-refractivity contribution in [3.8, 4) is 5.75 Å². The van der Waals surface area contributed by atoms with Gasteiger partial charge in [-0.15, -0.1) is 0 Å². The molecule has 1 aromatic heterocycles. The van der Waals surface area contributed by atoms with Gasteiger partial charge >= 0.3 is 0 Å². The first kappa shape index (κ1) is 23.2. The van der Waals surface area contributed by atoms with Gasteiger partial charge in [0.1, 0.15) is 5.75 Å². The Balaban J connectivity index is 1.50. The zero-order valence-corrected chi connectivity index (χ0v) is 20.5. The summed E-state index contributed by atoms with van der Waals surface area (Å²) in [5.74, 6) is 0.0465. The summed E-state index contributed by atoms with van der Waals surface area (Å²) in [5, 5.41) is 2.04. The number of morpholine rings is 1. The highest BCUT2D eigenvalue weighted by molar-refractivity contribution is 7.92. The monoisotopic (exact) mass is 493 g/mol. The molecule has 4 aromatic rings. The van der Waals surface area contributed by atoms with E-state index in [9.17, 15) is 13.2 Å². The van der Waals surface area contributed by atoms with Crippen molar-refractivity contribution >= 4 is 43.4 Å². The number of ether oxygens (including phenoxy) is 2. The summed E-state index contributed by atoms with van der Waals surface area (Å²) in [6, 6.07) is 17.9. The molecular formula is C26H27N3O5S. The van der Waals surface area contributed by atoms with Crippen LogP contribution in [0.2, 0.25) is 0 Å². The fourth-order valence-electron chi connectivity index (χ4n) is 4.63. The van der Waals surface area contributed by atoms with Crippen molar-refractivity contribution in [2.24, 2.45) is 0 Å². The first-order valence-electron chi connectivity index (χ1n) is 11.5. The van der Waals surface area contributed by atoms with Crippen LogP contribution in [0.4, 0.5) is 5.69 Å². The normalized spacial score (nSPS) is 14.4. The summed E-state index contributed by atoms with van der Waals surface area (Å²) in [6.07, 6.45) is 0. The van der Waals surface area contributed by atoms with Crippen LogP contribution in [-0.4, -0.2) is 57.2 Å². The number of methoxy groups -OCH3 is 1. The Morgan fingerprint density at radius 1 is 1.00 bits per heavy atom. The van der Waals surface area contributed by atoms with E-state index in [1.54, 1.807) is 11.0 Å². The van der Waals surface area contributed by atoms with Crippen molar-refractivity contribution in [3.05, 3.63) is 66.2 Å². The van der Waals surface area contributed by atoms with Gasteiger partial charge in [0.05, 0.1) is 30.8 Å². The van der Waals surface area contributed by atoms with E-state index in [1.165, 1.54) is 25.3 Å². The van der Waals surface area contributed by atoms with Gasteiger partial charge in [0.15, 0.2) is 0 Å². The summed E-state index contributed by atoms with van der Waals surface area (Å²) in [5.41, 5.74) is 2.80. The Morgan fingerprint density at radius 2 is 1.74 bits per heavy atom. The fraction of sp³-hybridized carbons (Fsp3) is 0.269. The third kappa shape index (κ3) is 4.21. The first-order valence-corrected chi connectivity index (χ1v) is 13.0. The Kier molecular flexibility index (Phi) is 6.12. The summed E-state index contributed by atoms with van der Waals surface area (Å²) < 4.78 is 42.2. The number of aryl methyl sites for hydroxylation is 1. The third-order valence-electron chi connectivity index (χ3n) is 6.35. The molecule has 1 aliphatic heterocycles. The first-order chi connectivity index (χ1) is 16.9. The third-order valence-corrected chi connectivity index (χ3v) is 7.73. The average molecular weight is 494 g/mol. The number of rotatable bonds is 6. The van der Waals surface area contributed by atoms with Crippen LogP contribution in [0.3, 0.4) is 0 Å². The van der Waals surface area contributed by atoms with Crippen LogP contribution in [0.25, 0.3) is 21.8 Å². The maximum Gasteiger partial charge on any atom is 0.261 e. The van der Waals surface area contributed by atoms with E-state index in [-0.39, 0.29) is 16.4 Å². The van der Waals surface area contributed by atoms with Crippen LogP contribution < -0.4 is 9.46 Å². The van der Waals surface area contributed by atoms with Crippen LogP contribution in [0.1, 0.15) is 17.3 Å². The zero-order valence-electron chi connectivity index (χ0n) is 19.7. The van der Waals surface area contributed by atoms with Crippen molar-refractivity contribution < 1.29 is 22.7 Å². The van der Waals surface area contributed by atoms with Gasteiger partial charge in [-0.1, -0.05) is 18.2 Å². The molecule has 1 amide bonds. The van der Waals surface area contributed by atoms with Crippen molar-refractivity contribution in [1.82, 2.24) is 9.47 Å². The van der Waals surface area contributed by atoms with Gasteiger partial charge in [0, 0.05) is 47.1 Å². The predicted octanol–water partition coefficient (Wildman–Crippen LogP) is 4.10. The molecule has 1 N–H and O–H groups in total. The molecule has 1 aliphatic rings. The molecule has 5 rings (SSSR count). The molecule has 0 unspecified atom stereocenters. The summed E-state index contributed by atoms with van der Waals surface area (Å²) >= 11 is 0. The number of hydrogen-bond acceptors (Lipinski definition) is 5. The number of anilines is 1. The molecule has 0 saturated carbocycles. The molecule has 0 aliphatic carbocycles. The summed E-state index contributed by atoms with van der Waals surface area (Å²) in [6.45, 7) is 4.68. The van der Waals surface area contributed by atoms with Crippen LogP contribution in [0, 0.1) is 0 Å². The molecule has 1 saturated heterocycles. The van der Waals surface area contributed by atoms with Gasteiger partial charge in [-0.05, 0) is 49.4 Å². The number of aromatic nitrogens is 1. The van der Waals surface area contributed by atoms with Crippen molar-refractivity contribution in [3.63, 3.8) is 0 Å². The highest BCUT2D eigenvalue weighted by atomic mass is 32.2. The minimum atomic E-state index is -3.95. The second-order valence-corrected chi connectivity index (χ2v) is 10.0. The summed E-state index contributed by atoms with van der Waals surface area (Å²) in [4.78, 5) is 14.7. The molecule has 2 heterocycles. The van der Waals surface area contributed by atoms with Crippen LogP contribution in [0.5, 0.6) is 5.75 Å². The van der Waals surface area contributed by atoms with E-state index < -0.39 is 10.0 Å². The molecule has 0 spiro atoms. The number of carbonyl (C=O) groups excluding carboxylic acids is 1. The lowest BCUT2D eigenvalue weighted by atomic mass is 10.1. The number of carbonyl (C=O) groups is 1. The molecule has 0 atom stereocenters. The van der Waals surface area contributed by atoms with E-state index in [0.29, 0.717) is 37.7 Å². The van der Waals surface area contributed by atoms with Crippen LogP contribution in [-0.2, 0) is 21.3 Å². The topological polar surface area (TPSA) is 89.9 Å². The molecule has 0 radical (unpaired) electrons. The number of nitrogens with one attached hydrogen (secondary N) is 1. The fourth-order valence-corrected chi connectivity index (χ4v) is 5.71. The highest BCUT2D eigenvalue weighted by Crippen LogP contribution is 2.32. The standard InChI is InChI=1S/C26H27N3O5S/c1-3-29-23-7-5-4-6-20(23)21-16-18(8-10-24(21)29)27-35(31,32)19-9-11-25(33-2)22(17-19)26(30)28-12-14-34-15-13-28/h4-11,16-17,27H,3,12-15H2,1-2H3. The van der Waals surface area contributed by atoms with Gasteiger partial charge in [0.2, 0.25) is 0 Å². The van der Waals surface area contributed by atoms with Crippen LogP contribution in [0.15, 0.2) is 65.6 Å². The summed E-state index contributed by atoms with van der Waals surface area (Å²) in [7, 11) is -2.50. The lowest BCUT2D eigenvalue weighted by Crippen LogP contribution is -2.40. The van der Waals surface area contributed by atoms with Gasteiger partial charge in [-0.3, -0.25) is 9.52 Å². The van der Waals surface area contributed by atoms with E-state index in [4.69, 9.17) is 9.47 Å². The van der Waals surface area contributed by atoms with Gasteiger partial charge in [0.25, 0.3) is 15.9 Å². The lowest BCUT2D eigenvalue weighted by Gasteiger charge is -2.27. The Hall–Kier alpha value is -3.56. The Labute approximate surface area is 204 Å². The van der Waals surface area contributed by atoms with Gasteiger partial charge in [-0.2, -0.15) is 0 Å². The number of amides is 1. The highest BCUT2D eigenvalue weighted by Gasteiger charge is 2.25. The number of nitrogens with zero attached hydrogens (tertiary/aromatic N) is 2. The molecule has 3 aromatic carbocycles. The molecule has 1 fully saturated rings. The maximum atomic E-state index is 13.3. The molecule has 0 bridgehead atoms. The number of benzene rings is 3. The Bertz CT molecular complexity index is 1520. The molecule has 9 heteroatoms. The van der Waals surface area contributed by atoms with Crippen molar-refractivity contribution in [2.75, 3.05) is 38.1 Å². The van der Waals surface area contributed by atoms with Crippen LogP contribution >= 0.6 is 0 Å². The van der Waals surface area contributed by atoms with E-state index >= 15 is 0 Å². The minimum absolute atomic E-state index is 0.00834. The second-order valence-electron chi connectivity index (χ2n) is 8.37. The van der Waals surface area contributed by atoms with Gasteiger partial charge in [-0.25, -0.2) is 8.42 Å². The lowest BCUT2D eigenvalue weighted by molar-refractivity contribution is 0.0300. The predicted molar refractivity (Wildman–Crippen MR) is 136 cm³/mol. The number of hydrogen-bond donors (Lipinski definition) is 1. The Morgan fingerprint density at radius 3 is 2.49 bits per heavy atom. The molecule has 182 valence electrons. The molecular weight excluding hydrogens is 466 g/mol.